The molecule has 2 aliphatic rings. The van der Waals surface area contributed by atoms with E-state index in [1.54, 1.807) is 29.5 Å². The van der Waals surface area contributed by atoms with Crippen LogP contribution in [0.25, 0.3) is 21.8 Å². The van der Waals surface area contributed by atoms with Gasteiger partial charge in [-0.3, -0.25) is 9.69 Å². The molecule has 3 aromatic carbocycles. The Balaban J connectivity index is 1.31. The summed E-state index contributed by atoms with van der Waals surface area (Å²) in [6.07, 6.45) is 3.69. The lowest BCUT2D eigenvalue weighted by Crippen LogP contribution is -2.44. The Kier molecular flexibility index (Phi) is 4.79. The highest BCUT2D eigenvalue weighted by Crippen LogP contribution is 2.46. The monoisotopic (exact) mass is 460 g/mol. The van der Waals surface area contributed by atoms with E-state index in [9.17, 15) is 4.79 Å². The highest BCUT2D eigenvalue weighted by atomic mass is 32.1. The number of rotatable bonds is 3. The minimum Gasteiger partial charge on any atom is -0.365 e. The fraction of sp³-hybridized carbons (Fsp3) is 0.107. The van der Waals surface area contributed by atoms with Crippen LogP contribution in [0.2, 0.25) is 0 Å². The average molecular weight is 461 g/mol. The van der Waals surface area contributed by atoms with Crippen LogP contribution in [-0.2, 0) is 4.79 Å². The summed E-state index contributed by atoms with van der Waals surface area (Å²) < 4.78 is 0. The summed E-state index contributed by atoms with van der Waals surface area (Å²) in [6.45, 7) is 0. The molecule has 34 heavy (non-hydrogen) atoms. The molecule has 0 saturated heterocycles. The molecule has 0 fully saturated rings. The van der Waals surface area contributed by atoms with Gasteiger partial charge in [0.2, 0.25) is 0 Å². The maximum Gasteiger partial charge on any atom is 0.251 e. The molecule has 2 aliphatic heterocycles. The number of thiazole rings is 1. The number of para-hydroxylation sites is 1. The quantitative estimate of drug-likeness (QED) is 0.387. The van der Waals surface area contributed by atoms with Crippen molar-refractivity contribution >= 4 is 28.6 Å². The molecule has 3 heterocycles. The molecule has 0 radical (unpaired) electrons. The van der Waals surface area contributed by atoms with Crippen LogP contribution in [0.5, 0.6) is 0 Å². The molecule has 5 nitrogen and oxygen atoms in total. The van der Waals surface area contributed by atoms with Crippen molar-refractivity contribution in [2.45, 2.75) is 12.1 Å². The Morgan fingerprint density at radius 1 is 0.971 bits per heavy atom. The second-order valence-corrected chi connectivity index (χ2v) is 9.30. The van der Waals surface area contributed by atoms with Crippen molar-refractivity contribution in [1.29, 1.82) is 5.26 Å². The number of likely N-dealkylation sites (N-methyl/N-ethyl adjacent to an activating group) is 1. The molecule has 0 saturated carbocycles. The largest absolute Gasteiger partial charge is 0.365 e. The summed E-state index contributed by atoms with van der Waals surface area (Å²) in [5, 5.41) is 11.9. The highest BCUT2D eigenvalue weighted by Gasteiger charge is 2.43. The summed E-state index contributed by atoms with van der Waals surface area (Å²) in [5.74, 6) is -0.00328. The second kappa shape index (κ2) is 7.98. The van der Waals surface area contributed by atoms with Crippen LogP contribution in [0.15, 0.2) is 90.3 Å². The van der Waals surface area contributed by atoms with Gasteiger partial charge in [0.05, 0.1) is 29.4 Å². The zero-order chi connectivity index (χ0) is 23.2. The van der Waals surface area contributed by atoms with E-state index in [1.165, 1.54) is 5.56 Å². The van der Waals surface area contributed by atoms with Gasteiger partial charge in [0.25, 0.3) is 5.91 Å². The number of nitrogens with zero attached hydrogens (tertiary/aromatic N) is 4. The lowest BCUT2D eigenvalue weighted by Gasteiger charge is -2.36. The predicted octanol–water partition coefficient (Wildman–Crippen LogP) is 5.81. The summed E-state index contributed by atoms with van der Waals surface area (Å²) in [5.41, 5.74) is 6.73. The van der Waals surface area contributed by atoms with Crippen molar-refractivity contribution in [1.82, 2.24) is 4.98 Å². The third-order valence-electron chi connectivity index (χ3n) is 6.56. The summed E-state index contributed by atoms with van der Waals surface area (Å²) in [6, 6.07) is 26.0. The molecule has 1 amide bonds. The van der Waals surface area contributed by atoms with Gasteiger partial charge in [0.1, 0.15) is 5.01 Å². The molecule has 0 N–H and O–H groups in total. The van der Waals surface area contributed by atoms with Gasteiger partial charge in [0, 0.05) is 46.6 Å². The number of aromatic nitrogens is 1. The number of hydrogen-bond donors (Lipinski definition) is 0. The molecule has 4 aromatic rings. The van der Waals surface area contributed by atoms with Crippen molar-refractivity contribution in [3.8, 4) is 27.9 Å². The zero-order valence-electron chi connectivity index (χ0n) is 18.4. The van der Waals surface area contributed by atoms with Crippen LogP contribution >= 0.6 is 11.3 Å². The standard InChI is InChI=1S/C28H20N4OS/c1-31-24-5-3-2-4-22(24)27-25(31)14-15-26(33)32(27)21-12-10-20(11-13-21)28-30-23(17-34-28)19-8-6-18(16-29)7-9-19/h2-15,17,25,27H,1H3. The van der Waals surface area contributed by atoms with E-state index in [1.807, 2.05) is 64.9 Å². The number of hydrogen-bond acceptors (Lipinski definition) is 5. The predicted molar refractivity (Wildman–Crippen MR) is 136 cm³/mol. The van der Waals surface area contributed by atoms with Crippen LogP contribution < -0.4 is 9.80 Å². The topological polar surface area (TPSA) is 60.2 Å². The molecule has 2 atom stereocenters. The van der Waals surface area contributed by atoms with E-state index in [0.29, 0.717) is 5.56 Å². The Morgan fingerprint density at radius 2 is 1.71 bits per heavy atom. The Bertz CT molecular complexity index is 1460. The van der Waals surface area contributed by atoms with Gasteiger partial charge in [-0.25, -0.2) is 4.98 Å². The minimum absolute atomic E-state index is 0.00328. The van der Waals surface area contributed by atoms with E-state index in [0.717, 1.165) is 33.2 Å². The third-order valence-corrected chi connectivity index (χ3v) is 7.46. The van der Waals surface area contributed by atoms with Crippen LogP contribution in [0.1, 0.15) is 17.2 Å². The van der Waals surface area contributed by atoms with Crippen LogP contribution in [0, 0.1) is 11.3 Å². The number of carbonyl (C=O) groups excluding carboxylic acids is 1. The molecule has 0 bridgehead atoms. The molecule has 6 rings (SSSR count). The van der Waals surface area contributed by atoms with E-state index in [4.69, 9.17) is 10.2 Å². The van der Waals surface area contributed by atoms with Gasteiger partial charge in [-0.2, -0.15) is 5.26 Å². The SMILES string of the molecule is CN1c2ccccc2C2C1C=CC(=O)N2c1ccc(-c2nc(-c3ccc(C#N)cc3)cs2)cc1. The number of anilines is 2. The molecule has 164 valence electrons. The molecule has 6 heteroatoms. The summed E-state index contributed by atoms with van der Waals surface area (Å²) in [4.78, 5) is 21.9. The van der Waals surface area contributed by atoms with Crippen molar-refractivity contribution in [2.75, 3.05) is 16.8 Å². The Labute approximate surface area is 201 Å². The van der Waals surface area contributed by atoms with E-state index in [-0.39, 0.29) is 18.0 Å². The summed E-state index contributed by atoms with van der Waals surface area (Å²) in [7, 11) is 2.08. The van der Waals surface area contributed by atoms with Gasteiger partial charge < -0.3 is 4.90 Å². The van der Waals surface area contributed by atoms with Crippen LogP contribution in [0.4, 0.5) is 11.4 Å². The molecular weight excluding hydrogens is 440 g/mol. The number of carbonyl (C=O) groups is 1. The lowest BCUT2D eigenvalue weighted by molar-refractivity contribution is -0.115. The van der Waals surface area contributed by atoms with Gasteiger partial charge in [-0.15, -0.1) is 11.3 Å². The number of fused-ring (bicyclic) bond motifs is 3. The highest BCUT2D eigenvalue weighted by molar-refractivity contribution is 7.13. The van der Waals surface area contributed by atoms with Crippen LogP contribution in [0.3, 0.4) is 0 Å². The van der Waals surface area contributed by atoms with Crippen molar-refractivity contribution < 1.29 is 4.79 Å². The fourth-order valence-electron chi connectivity index (χ4n) is 4.85. The van der Waals surface area contributed by atoms with Crippen molar-refractivity contribution in [3.63, 3.8) is 0 Å². The molecule has 0 spiro atoms. The first-order valence-corrected chi connectivity index (χ1v) is 11.9. The first-order valence-electron chi connectivity index (χ1n) is 11.0. The smallest absolute Gasteiger partial charge is 0.251 e. The fourth-order valence-corrected chi connectivity index (χ4v) is 5.68. The maximum atomic E-state index is 13.0. The van der Waals surface area contributed by atoms with Gasteiger partial charge >= 0.3 is 0 Å². The third kappa shape index (κ3) is 3.21. The first-order chi connectivity index (χ1) is 16.6. The Hall–Kier alpha value is -4.21. The van der Waals surface area contributed by atoms with E-state index >= 15 is 0 Å². The second-order valence-electron chi connectivity index (χ2n) is 8.45. The Morgan fingerprint density at radius 3 is 2.47 bits per heavy atom. The first kappa shape index (κ1) is 20.4. The normalized spacial score (nSPS) is 18.5. The van der Waals surface area contributed by atoms with Gasteiger partial charge in [-0.1, -0.05) is 36.4 Å². The molecule has 0 aliphatic carbocycles. The van der Waals surface area contributed by atoms with Crippen LogP contribution in [-0.4, -0.2) is 24.0 Å². The molecule has 2 unspecified atom stereocenters. The summed E-state index contributed by atoms with van der Waals surface area (Å²) >= 11 is 1.58. The van der Waals surface area contributed by atoms with Gasteiger partial charge in [0.15, 0.2) is 0 Å². The zero-order valence-corrected chi connectivity index (χ0v) is 19.2. The number of nitriles is 1. The molecule has 1 aromatic heterocycles. The maximum absolute atomic E-state index is 13.0. The lowest BCUT2D eigenvalue weighted by atomic mass is 9.97. The van der Waals surface area contributed by atoms with E-state index in [2.05, 4.69) is 30.1 Å². The number of amides is 1. The van der Waals surface area contributed by atoms with E-state index < -0.39 is 0 Å². The van der Waals surface area contributed by atoms with Crippen molar-refractivity contribution in [2.24, 2.45) is 0 Å². The van der Waals surface area contributed by atoms with Crippen molar-refractivity contribution in [3.05, 3.63) is 101 Å². The minimum atomic E-state index is -0.0487. The molecular formula is C28H20N4OS. The average Bonchev–Trinajstić information content (AvgIpc) is 3.48. The van der Waals surface area contributed by atoms with Gasteiger partial charge in [-0.05, 0) is 42.5 Å². The number of benzene rings is 3.